The van der Waals surface area contributed by atoms with E-state index in [1.54, 1.807) is 11.7 Å². The fourth-order valence-corrected chi connectivity index (χ4v) is 3.25. The van der Waals surface area contributed by atoms with Crippen LogP contribution < -0.4 is 16.2 Å². The van der Waals surface area contributed by atoms with Gasteiger partial charge in [0.05, 0.1) is 12.4 Å². The smallest absolute Gasteiger partial charge is 0.343 e. The van der Waals surface area contributed by atoms with E-state index in [1.807, 2.05) is 38.1 Å². The van der Waals surface area contributed by atoms with Gasteiger partial charge in [-0.1, -0.05) is 23.9 Å². The number of methoxy groups -OCH3 is 1. The zero-order valence-corrected chi connectivity index (χ0v) is 13.2. The van der Waals surface area contributed by atoms with Crippen molar-refractivity contribution < 1.29 is 4.74 Å². The van der Waals surface area contributed by atoms with Crippen molar-refractivity contribution in [2.45, 2.75) is 36.8 Å². The van der Waals surface area contributed by atoms with Gasteiger partial charge in [0.2, 0.25) is 0 Å². The normalized spacial score (nSPS) is 13.9. The molecule has 0 aliphatic carbocycles. The molecule has 0 saturated heterocycles. The minimum absolute atomic E-state index is 0.0133. The number of rotatable bonds is 6. The van der Waals surface area contributed by atoms with Gasteiger partial charge >= 0.3 is 5.69 Å². The van der Waals surface area contributed by atoms with Gasteiger partial charge in [-0.2, -0.15) is 0 Å². The zero-order valence-electron chi connectivity index (χ0n) is 12.4. The van der Waals surface area contributed by atoms with Gasteiger partial charge in [-0.25, -0.2) is 9.89 Å². The van der Waals surface area contributed by atoms with Crippen LogP contribution >= 0.6 is 11.8 Å². The summed E-state index contributed by atoms with van der Waals surface area (Å²) in [5, 5.41) is 7.19. The summed E-state index contributed by atoms with van der Waals surface area (Å²) in [5.41, 5.74) is 6.97. The average molecular weight is 308 g/mol. The number of nitrogens with zero attached hydrogens (tertiary/aromatic N) is 2. The fourth-order valence-electron chi connectivity index (χ4n) is 2.08. The van der Waals surface area contributed by atoms with E-state index in [1.165, 1.54) is 11.8 Å². The number of aromatic amines is 1. The summed E-state index contributed by atoms with van der Waals surface area (Å²) in [6.07, 6.45) is 0. The lowest BCUT2D eigenvalue weighted by Gasteiger charge is -2.20. The second-order valence-corrected chi connectivity index (χ2v) is 5.84. The van der Waals surface area contributed by atoms with E-state index in [0.717, 1.165) is 11.3 Å². The quantitative estimate of drug-likeness (QED) is 0.794. The monoisotopic (exact) mass is 308 g/mol. The molecule has 1 aromatic carbocycles. The Morgan fingerprint density at radius 3 is 2.90 bits per heavy atom. The lowest BCUT2D eigenvalue weighted by Crippen LogP contribution is -2.23. The Bertz CT molecular complexity index is 650. The first-order chi connectivity index (χ1) is 10.1. The minimum atomic E-state index is -0.200. The van der Waals surface area contributed by atoms with Crippen molar-refractivity contribution in [3.8, 4) is 5.75 Å². The number of nitrogens with one attached hydrogen (secondary N) is 1. The van der Waals surface area contributed by atoms with Crippen LogP contribution in [-0.2, 0) is 6.54 Å². The van der Waals surface area contributed by atoms with Gasteiger partial charge in [0.1, 0.15) is 5.75 Å². The van der Waals surface area contributed by atoms with Crippen LogP contribution in [0.4, 0.5) is 0 Å². The van der Waals surface area contributed by atoms with Gasteiger partial charge in [0, 0.05) is 12.6 Å². The number of nitrogens with two attached hydrogens (primary N) is 1. The van der Waals surface area contributed by atoms with Crippen LogP contribution in [-0.4, -0.2) is 27.9 Å². The molecule has 0 spiro atoms. The largest absolute Gasteiger partial charge is 0.497 e. The Hall–Kier alpha value is -1.73. The molecule has 1 aromatic heterocycles. The highest BCUT2D eigenvalue weighted by atomic mass is 32.2. The maximum absolute atomic E-state index is 11.6. The highest BCUT2D eigenvalue weighted by Crippen LogP contribution is 2.36. The molecule has 2 atom stereocenters. The van der Waals surface area contributed by atoms with Crippen LogP contribution in [0.15, 0.2) is 34.2 Å². The molecule has 0 aliphatic heterocycles. The highest BCUT2D eigenvalue weighted by molar-refractivity contribution is 7.99. The Morgan fingerprint density at radius 2 is 2.29 bits per heavy atom. The number of benzene rings is 1. The number of hydrogen-bond donors (Lipinski definition) is 2. The summed E-state index contributed by atoms with van der Waals surface area (Å²) in [6.45, 7) is 4.42. The Morgan fingerprint density at radius 1 is 1.52 bits per heavy atom. The van der Waals surface area contributed by atoms with E-state index in [4.69, 9.17) is 10.5 Å². The first kappa shape index (κ1) is 15.7. The molecule has 0 saturated carbocycles. The van der Waals surface area contributed by atoms with Crippen LogP contribution in [0.2, 0.25) is 0 Å². The van der Waals surface area contributed by atoms with Crippen molar-refractivity contribution in [2.75, 3.05) is 7.11 Å². The summed E-state index contributed by atoms with van der Waals surface area (Å²) in [7, 11) is 1.63. The van der Waals surface area contributed by atoms with Gasteiger partial charge in [-0.15, -0.1) is 5.10 Å². The molecule has 6 nitrogen and oxygen atoms in total. The third kappa shape index (κ3) is 3.48. The Labute approximate surface area is 127 Å². The summed E-state index contributed by atoms with van der Waals surface area (Å²) < 4.78 is 6.85. The highest BCUT2D eigenvalue weighted by Gasteiger charge is 2.21. The lowest BCUT2D eigenvalue weighted by atomic mass is 10.1. The molecule has 3 N–H and O–H groups in total. The molecule has 0 bridgehead atoms. The third-order valence-corrected chi connectivity index (χ3v) is 4.65. The maximum atomic E-state index is 11.6. The van der Waals surface area contributed by atoms with Crippen molar-refractivity contribution in [3.05, 3.63) is 40.3 Å². The zero-order chi connectivity index (χ0) is 15.4. The van der Waals surface area contributed by atoms with Crippen molar-refractivity contribution in [3.63, 3.8) is 0 Å². The molecule has 114 valence electrons. The predicted octanol–water partition coefficient (Wildman–Crippen LogP) is 1.78. The van der Waals surface area contributed by atoms with E-state index in [9.17, 15) is 4.79 Å². The summed E-state index contributed by atoms with van der Waals surface area (Å²) >= 11 is 1.48. The molecule has 21 heavy (non-hydrogen) atoms. The Kier molecular flexibility index (Phi) is 5.08. The van der Waals surface area contributed by atoms with Crippen molar-refractivity contribution in [2.24, 2.45) is 5.73 Å². The van der Waals surface area contributed by atoms with E-state index >= 15 is 0 Å². The topological polar surface area (TPSA) is 85.9 Å². The SMILES string of the molecule is CCn1c(SC(c2cccc(OC)c2)C(C)N)n[nH]c1=O. The van der Waals surface area contributed by atoms with Crippen LogP contribution in [0.1, 0.15) is 24.7 Å². The van der Waals surface area contributed by atoms with E-state index in [2.05, 4.69) is 10.2 Å². The summed E-state index contributed by atoms with van der Waals surface area (Å²) in [4.78, 5) is 11.6. The Balaban J connectivity index is 2.33. The second-order valence-electron chi connectivity index (χ2n) is 4.73. The molecule has 0 radical (unpaired) electrons. The second kappa shape index (κ2) is 6.82. The number of aromatic nitrogens is 3. The van der Waals surface area contributed by atoms with Crippen molar-refractivity contribution in [1.82, 2.24) is 14.8 Å². The van der Waals surface area contributed by atoms with E-state index in [0.29, 0.717) is 11.7 Å². The van der Waals surface area contributed by atoms with Gasteiger partial charge in [0.15, 0.2) is 5.16 Å². The predicted molar refractivity (Wildman–Crippen MR) is 83.8 cm³/mol. The fraction of sp³-hybridized carbons (Fsp3) is 0.429. The average Bonchev–Trinajstić information content (AvgIpc) is 2.84. The van der Waals surface area contributed by atoms with E-state index < -0.39 is 0 Å². The van der Waals surface area contributed by atoms with Gasteiger partial charge in [-0.3, -0.25) is 4.57 Å². The first-order valence-corrected chi connectivity index (χ1v) is 7.66. The van der Waals surface area contributed by atoms with Crippen molar-refractivity contribution in [1.29, 1.82) is 0 Å². The van der Waals surface area contributed by atoms with Crippen LogP contribution in [0.5, 0.6) is 5.75 Å². The van der Waals surface area contributed by atoms with Crippen LogP contribution in [0.3, 0.4) is 0 Å². The van der Waals surface area contributed by atoms with Gasteiger partial charge in [0.25, 0.3) is 0 Å². The molecule has 1 heterocycles. The number of ether oxygens (including phenoxy) is 1. The van der Waals surface area contributed by atoms with Gasteiger partial charge < -0.3 is 10.5 Å². The number of hydrogen-bond acceptors (Lipinski definition) is 5. The maximum Gasteiger partial charge on any atom is 0.343 e. The lowest BCUT2D eigenvalue weighted by molar-refractivity contribution is 0.414. The third-order valence-electron chi connectivity index (χ3n) is 3.17. The van der Waals surface area contributed by atoms with E-state index in [-0.39, 0.29) is 17.0 Å². The molecular weight excluding hydrogens is 288 g/mol. The first-order valence-electron chi connectivity index (χ1n) is 6.78. The molecule has 2 aromatic rings. The number of thioether (sulfide) groups is 1. The summed E-state index contributed by atoms with van der Waals surface area (Å²) in [6, 6.07) is 7.69. The standard InChI is InChI=1S/C14H20N4O2S/c1-4-18-13(19)16-17-14(18)21-12(9(2)15)10-6-5-7-11(8-10)20-3/h5-9,12H,4,15H2,1-3H3,(H,16,19). The minimum Gasteiger partial charge on any atom is -0.497 e. The van der Waals surface area contributed by atoms with Crippen molar-refractivity contribution >= 4 is 11.8 Å². The molecule has 2 rings (SSSR count). The molecule has 2 unspecified atom stereocenters. The van der Waals surface area contributed by atoms with Gasteiger partial charge in [-0.05, 0) is 31.5 Å². The number of H-pyrrole nitrogens is 1. The van der Waals surface area contributed by atoms with Crippen LogP contribution in [0.25, 0.3) is 0 Å². The summed E-state index contributed by atoms with van der Waals surface area (Å²) in [5.74, 6) is 0.786. The molecule has 0 fully saturated rings. The molecular formula is C14H20N4O2S. The van der Waals surface area contributed by atoms with Crippen LogP contribution in [0, 0.1) is 0 Å². The molecule has 0 aliphatic rings. The molecule has 0 amide bonds. The molecule has 7 heteroatoms.